The Bertz CT molecular complexity index is 946. The molecule has 1 atom stereocenters. The van der Waals surface area contributed by atoms with E-state index in [1.807, 2.05) is 11.9 Å². The second kappa shape index (κ2) is 10.0. The highest BCUT2D eigenvalue weighted by atomic mass is 19.1. The Labute approximate surface area is 188 Å². The van der Waals surface area contributed by atoms with E-state index in [4.69, 9.17) is 4.98 Å². The van der Waals surface area contributed by atoms with Crippen LogP contribution in [0.2, 0.25) is 0 Å². The third-order valence-electron chi connectivity index (χ3n) is 6.17. The van der Waals surface area contributed by atoms with Crippen molar-refractivity contribution in [1.29, 1.82) is 0 Å². The number of phenols is 1. The van der Waals surface area contributed by atoms with Gasteiger partial charge in [-0.05, 0) is 43.7 Å². The van der Waals surface area contributed by atoms with E-state index < -0.39 is 11.6 Å². The summed E-state index contributed by atoms with van der Waals surface area (Å²) in [5, 5.41) is 16.0. The van der Waals surface area contributed by atoms with Gasteiger partial charge in [-0.25, -0.2) is 4.39 Å². The molecule has 1 fully saturated rings. The van der Waals surface area contributed by atoms with E-state index in [-0.39, 0.29) is 6.04 Å². The first-order chi connectivity index (χ1) is 15.5. The monoisotopic (exact) mass is 441 g/mol. The van der Waals surface area contributed by atoms with Gasteiger partial charge in [-0.2, -0.15) is 15.0 Å². The van der Waals surface area contributed by atoms with Crippen molar-refractivity contribution >= 4 is 23.5 Å². The average Bonchev–Trinajstić information content (AvgIpc) is 3.05. The van der Waals surface area contributed by atoms with Crippen LogP contribution < -0.4 is 15.5 Å². The highest BCUT2D eigenvalue weighted by Gasteiger charge is 2.21. The normalized spacial score (nSPS) is 19.5. The van der Waals surface area contributed by atoms with E-state index in [0.717, 1.165) is 25.8 Å². The van der Waals surface area contributed by atoms with Gasteiger partial charge in [-0.1, -0.05) is 25.7 Å². The van der Waals surface area contributed by atoms with Crippen LogP contribution >= 0.6 is 0 Å². The summed E-state index contributed by atoms with van der Waals surface area (Å²) in [4.78, 5) is 18.1. The number of aromatic hydroxyl groups is 1. The lowest BCUT2D eigenvalue weighted by atomic mass is 10.1. The zero-order valence-electron chi connectivity index (χ0n) is 18.8. The molecule has 32 heavy (non-hydrogen) atoms. The highest BCUT2D eigenvalue weighted by molar-refractivity contribution is 5.57. The third kappa shape index (κ3) is 5.57. The van der Waals surface area contributed by atoms with Crippen LogP contribution in [0.3, 0.4) is 0 Å². The van der Waals surface area contributed by atoms with Crippen molar-refractivity contribution in [3.05, 3.63) is 36.3 Å². The third-order valence-corrected chi connectivity index (χ3v) is 6.17. The molecule has 1 aromatic heterocycles. The van der Waals surface area contributed by atoms with Crippen LogP contribution in [0.1, 0.15) is 44.9 Å². The Morgan fingerprint density at radius 2 is 1.81 bits per heavy atom. The Kier molecular flexibility index (Phi) is 6.92. The maximum absolute atomic E-state index is 13.8. The van der Waals surface area contributed by atoms with Gasteiger partial charge in [0.15, 0.2) is 11.6 Å². The Hall–Kier alpha value is -3.10. The first-order valence-electron chi connectivity index (χ1n) is 11.4. The van der Waals surface area contributed by atoms with Crippen LogP contribution in [-0.4, -0.2) is 57.7 Å². The van der Waals surface area contributed by atoms with Gasteiger partial charge in [0.05, 0.1) is 6.04 Å². The average molecular weight is 442 g/mol. The van der Waals surface area contributed by atoms with Crippen molar-refractivity contribution in [2.45, 2.75) is 57.0 Å². The minimum absolute atomic E-state index is 0.179. The number of benzene rings is 1. The SMILES string of the molecule is CN1C=CC(N(C)c2nc(Nc3ccc(O)c(F)c3)nc(NC3CCCCCC3)n2)CC1. The van der Waals surface area contributed by atoms with Crippen molar-refractivity contribution in [2.75, 3.05) is 36.2 Å². The van der Waals surface area contributed by atoms with E-state index in [0.29, 0.717) is 29.6 Å². The molecule has 0 bridgehead atoms. The van der Waals surface area contributed by atoms with E-state index >= 15 is 0 Å². The molecular weight excluding hydrogens is 409 g/mol. The number of hydrogen-bond acceptors (Lipinski definition) is 8. The van der Waals surface area contributed by atoms with Crippen LogP contribution in [0.4, 0.5) is 27.9 Å². The Balaban J connectivity index is 1.60. The predicted octanol–water partition coefficient (Wildman–Crippen LogP) is 4.25. The number of anilines is 4. The van der Waals surface area contributed by atoms with Gasteiger partial charge in [-0.15, -0.1) is 0 Å². The summed E-state index contributed by atoms with van der Waals surface area (Å²) in [5.74, 6) is 0.315. The number of aromatic nitrogens is 3. The van der Waals surface area contributed by atoms with Crippen molar-refractivity contribution in [3.63, 3.8) is 0 Å². The van der Waals surface area contributed by atoms with Crippen LogP contribution in [0.5, 0.6) is 5.75 Å². The topological polar surface area (TPSA) is 89.4 Å². The molecule has 8 nitrogen and oxygen atoms in total. The summed E-state index contributed by atoms with van der Waals surface area (Å²) >= 11 is 0. The lowest BCUT2D eigenvalue weighted by Crippen LogP contribution is -2.37. The second-order valence-corrected chi connectivity index (χ2v) is 8.70. The number of likely N-dealkylation sites (N-methyl/N-ethyl adjacent to an activating group) is 1. The maximum Gasteiger partial charge on any atom is 0.233 e. The highest BCUT2D eigenvalue weighted by Crippen LogP contribution is 2.25. The molecule has 4 rings (SSSR count). The molecule has 9 heteroatoms. The fourth-order valence-corrected chi connectivity index (χ4v) is 4.19. The van der Waals surface area contributed by atoms with Crippen molar-refractivity contribution < 1.29 is 9.50 Å². The summed E-state index contributed by atoms with van der Waals surface area (Å²) in [7, 11) is 4.04. The molecule has 1 aliphatic heterocycles. The zero-order chi connectivity index (χ0) is 22.5. The Morgan fingerprint density at radius 3 is 2.50 bits per heavy atom. The van der Waals surface area contributed by atoms with Gasteiger partial charge in [0, 0.05) is 38.4 Å². The van der Waals surface area contributed by atoms with Crippen molar-refractivity contribution in [3.8, 4) is 5.75 Å². The molecule has 1 unspecified atom stereocenters. The van der Waals surface area contributed by atoms with Gasteiger partial charge in [-0.3, -0.25) is 0 Å². The van der Waals surface area contributed by atoms with E-state index in [1.165, 1.54) is 37.8 Å². The van der Waals surface area contributed by atoms with Crippen LogP contribution in [-0.2, 0) is 0 Å². The van der Waals surface area contributed by atoms with Crippen molar-refractivity contribution in [1.82, 2.24) is 19.9 Å². The largest absolute Gasteiger partial charge is 0.505 e. The number of phenolic OH excluding ortho intramolecular Hbond substituents is 1. The van der Waals surface area contributed by atoms with Gasteiger partial charge in [0.25, 0.3) is 0 Å². The molecule has 2 heterocycles. The molecule has 3 N–H and O–H groups in total. The molecule has 1 aromatic carbocycles. The lowest BCUT2D eigenvalue weighted by molar-refractivity contribution is 0.403. The summed E-state index contributed by atoms with van der Waals surface area (Å²) in [6, 6.07) is 4.63. The molecule has 0 saturated heterocycles. The fraction of sp³-hybridized carbons (Fsp3) is 0.522. The summed E-state index contributed by atoms with van der Waals surface area (Å²) in [5.41, 5.74) is 0.458. The molecule has 2 aliphatic rings. The van der Waals surface area contributed by atoms with Gasteiger partial charge < -0.3 is 25.5 Å². The molecule has 0 radical (unpaired) electrons. The van der Waals surface area contributed by atoms with E-state index in [2.05, 4.69) is 44.8 Å². The van der Waals surface area contributed by atoms with Crippen molar-refractivity contribution in [2.24, 2.45) is 0 Å². The first-order valence-corrected chi connectivity index (χ1v) is 11.4. The van der Waals surface area contributed by atoms with Crippen LogP contribution in [0, 0.1) is 5.82 Å². The van der Waals surface area contributed by atoms with E-state index in [9.17, 15) is 9.50 Å². The van der Waals surface area contributed by atoms with Gasteiger partial charge in [0.1, 0.15) is 0 Å². The lowest BCUT2D eigenvalue weighted by Gasteiger charge is -2.31. The number of nitrogens with one attached hydrogen (secondary N) is 2. The zero-order valence-corrected chi connectivity index (χ0v) is 18.8. The van der Waals surface area contributed by atoms with Gasteiger partial charge in [0.2, 0.25) is 17.8 Å². The summed E-state index contributed by atoms with van der Waals surface area (Å²) < 4.78 is 13.8. The molecule has 0 amide bonds. The molecular formula is C23H32FN7O. The first kappa shape index (κ1) is 22.1. The molecule has 1 aliphatic carbocycles. The maximum atomic E-state index is 13.8. The summed E-state index contributed by atoms with van der Waals surface area (Å²) in [6.45, 7) is 0.960. The van der Waals surface area contributed by atoms with Gasteiger partial charge >= 0.3 is 0 Å². The van der Waals surface area contributed by atoms with Crippen LogP contribution in [0.15, 0.2) is 30.5 Å². The van der Waals surface area contributed by atoms with Crippen LogP contribution in [0.25, 0.3) is 0 Å². The fourth-order valence-electron chi connectivity index (χ4n) is 4.19. The number of nitrogens with zero attached hydrogens (tertiary/aromatic N) is 5. The minimum Gasteiger partial charge on any atom is -0.505 e. The minimum atomic E-state index is -0.699. The molecule has 1 saturated carbocycles. The standard InChI is InChI=1S/C23H32FN7O/c1-30-13-11-18(12-14-30)31(2)23-28-21(25-16-7-5-3-4-6-8-16)27-22(29-23)26-17-9-10-20(32)19(24)15-17/h9-11,13,15-16,18,32H,3-8,12,14H2,1-2H3,(H2,25,26,27,28,29). The molecule has 2 aromatic rings. The number of rotatable bonds is 6. The predicted molar refractivity (Wildman–Crippen MR) is 125 cm³/mol. The number of hydrogen-bond donors (Lipinski definition) is 3. The van der Waals surface area contributed by atoms with E-state index in [1.54, 1.807) is 6.07 Å². The Morgan fingerprint density at radius 1 is 1.06 bits per heavy atom. The smallest absolute Gasteiger partial charge is 0.233 e. The number of halogens is 1. The quantitative estimate of drug-likeness (QED) is 0.453. The summed E-state index contributed by atoms with van der Waals surface area (Å²) in [6.07, 6.45) is 12.3. The molecule has 0 spiro atoms. The second-order valence-electron chi connectivity index (χ2n) is 8.70. The molecule has 172 valence electrons.